The number of rotatable bonds is 15. The van der Waals surface area contributed by atoms with Crippen LogP contribution < -0.4 is 21.3 Å². The van der Waals surface area contributed by atoms with Crippen LogP contribution in [0, 0.1) is 41.4 Å². The summed E-state index contributed by atoms with van der Waals surface area (Å²) in [7, 11) is 9.92. The summed E-state index contributed by atoms with van der Waals surface area (Å²) < 4.78 is 0. The Morgan fingerprint density at radius 3 is 1.39 bits per heavy atom. The number of allylic oxidation sites excluding steroid dienone is 2. The van der Waals surface area contributed by atoms with Crippen LogP contribution in [0.2, 0.25) is 0 Å². The molecule has 0 spiro atoms. The molecule has 0 aromatic carbocycles. The van der Waals surface area contributed by atoms with E-state index in [4.69, 9.17) is 0 Å². The van der Waals surface area contributed by atoms with Gasteiger partial charge >= 0.3 is 0 Å². The quantitative estimate of drug-likeness (QED) is 0.148. The van der Waals surface area contributed by atoms with Crippen LogP contribution in [0.1, 0.15) is 156 Å². The molecule has 0 aromatic rings. The summed E-state index contributed by atoms with van der Waals surface area (Å²) in [5, 5.41) is 23.1. The number of nitrogens with one attached hydrogen (secondary N) is 4. The van der Waals surface area contributed by atoms with E-state index in [0.717, 1.165) is 9.80 Å². The maximum Gasteiger partial charge on any atom is 0.246 e. The Bertz CT molecular complexity index is 2330. The molecule has 23 nitrogen and oxygen atoms in total. The second kappa shape index (κ2) is 34.9. The van der Waals surface area contributed by atoms with Gasteiger partial charge in [0, 0.05) is 49.3 Å². The molecule has 11 amide bonds. The summed E-state index contributed by atoms with van der Waals surface area (Å²) in [4.78, 5) is 169. The fraction of sp³-hybridized carbons (Fsp3) is 0.790. The lowest BCUT2D eigenvalue weighted by molar-refractivity contribution is -0.157. The van der Waals surface area contributed by atoms with Gasteiger partial charge in [-0.05, 0) is 94.3 Å². The van der Waals surface area contributed by atoms with Gasteiger partial charge in [0.2, 0.25) is 65.0 Å². The van der Waals surface area contributed by atoms with Gasteiger partial charge in [-0.3, -0.25) is 52.7 Å². The van der Waals surface area contributed by atoms with Gasteiger partial charge in [-0.2, -0.15) is 0 Å². The van der Waals surface area contributed by atoms with Gasteiger partial charge in [-0.15, -0.1) is 0 Å². The summed E-state index contributed by atoms with van der Waals surface area (Å²) in [5.41, 5.74) is 0. The first kappa shape index (κ1) is 76.9. The van der Waals surface area contributed by atoms with Crippen molar-refractivity contribution in [3.63, 3.8) is 0 Å². The van der Waals surface area contributed by atoms with E-state index in [2.05, 4.69) is 21.3 Å². The Kier molecular flexibility index (Phi) is 31.5. The lowest BCUT2D eigenvalue weighted by Crippen LogP contribution is -2.63. The van der Waals surface area contributed by atoms with Crippen LogP contribution in [0.5, 0.6) is 0 Å². The molecule has 0 bridgehead atoms. The number of amides is 11. The van der Waals surface area contributed by atoms with E-state index in [9.17, 15) is 48.3 Å². The number of carbonyl (C=O) groups excluding carboxylic acids is 11. The molecule has 0 saturated carbocycles. The smallest absolute Gasteiger partial charge is 0.246 e. The molecule has 1 aliphatic rings. The second-order valence-electron chi connectivity index (χ2n) is 25.8. The van der Waals surface area contributed by atoms with E-state index in [1.165, 1.54) is 87.7 Å². The highest BCUT2D eigenvalue weighted by molar-refractivity contribution is 5.99. The zero-order valence-electron chi connectivity index (χ0n) is 56.1. The maximum absolute atomic E-state index is 15.1. The Morgan fingerprint density at radius 2 is 0.929 bits per heavy atom. The predicted octanol–water partition coefficient (Wildman–Crippen LogP) is 3.27. The van der Waals surface area contributed by atoms with Crippen LogP contribution in [0.25, 0.3) is 0 Å². The van der Waals surface area contributed by atoms with Crippen LogP contribution in [0.3, 0.4) is 0 Å². The van der Waals surface area contributed by atoms with Crippen molar-refractivity contribution < 1.29 is 57.8 Å². The van der Waals surface area contributed by atoms with Crippen LogP contribution in [-0.2, 0) is 52.7 Å². The highest BCUT2D eigenvalue weighted by atomic mass is 16.3. The number of likely N-dealkylation sites (N-methyl/N-ethyl adjacent to an activating group) is 7. The molecule has 1 saturated heterocycles. The molecule has 0 radical (unpaired) electrons. The van der Waals surface area contributed by atoms with Gasteiger partial charge in [0.15, 0.2) is 0 Å². The molecule has 1 heterocycles. The van der Waals surface area contributed by atoms with Gasteiger partial charge in [0.05, 0.1) is 12.6 Å². The second-order valence-corrected chi connectivity index (χ2v) is 25.8. The van der Waals surface area contributed by atoms with Crippen molar-refractivity contribution in [3.05, 3.63) is 12.2 Å². The van der Waals surface area contributed by atoms with Crippen LogP contribution in [0.4, 0.5) is 0 Å². The van der Waals surface area contributed by atoms with Gasteiger partial charge < -0.3 is 60.7 Å². The zero-order valence-corrected chi connectivity index (χ0v) is 56.1. The molecule has 5 N–H and O–H groups in total. The number of hydrogen-bond donors (Lipinski definition) is 5. The summed E-state index contributed by atoms with van der Waals surface area (Å²) in [6, 6.07) is -12.3. The van der Waals surface area contributed by atoms with Crippen molar-refractivity contribution in [2.24, 2.45) is 41.4 Å². The molecule has 85 heavy (non-hydrogen) atoms. The average molecular weight is 1200 g/mol. The number of aliphatic hydroxyl groups excluding tert-OH is 1. The van der Waals surface area contributed by atoms with E-state index >= 15 is 9.59 Å². The van der Waals surface area contributed by atoms with E-state index in [1.54, 1.807) is 61.5 Å². The number of nitrogens with zero attached hydrogens (tertiary/aromatic N) is 7. The Hall–Kier alpha value is -6.13. The van der Waals surface area contributed by atoms with E-state index in [0.29, 0.717) is 12.8 Å². The number of carbonyl (C=O) groups is 11. The maximum atomic E-state index is 15.1. The van der Waals surface area contributed by atoms with E-state index in [1.807, 2.05) is 54.5 Å². The standard InChI is InChI=1S/C62H111N11O12/c1-25-28-29-40(15)52(75)51-56(79)65-43(27-3)58(81)67(18)33-47(74)71(22)50(39(14)26-2)55(78)66-48(37(10)11)61(84)68(19)44(30-34(4)5)54(77)63-41(16)53(76)64-42(17)57(80)69(20)45(31-35(6)7)59(82)70(21)46(32-36(8)9)60(83)72(23)49(38(12)13)62(85)73(51)24/h25,28,34-46,48-52,75H,26-27,29-33H2,1-24H3,(H,63,77)(H,64,76)(H,65,79)(H,66,78)/b28-25+/t39-,40+,41-,42+,43-,44-,45-,46-,48-,49-,50-,51-,52+/m0/s1. The zero-order chi connectivity index (χ0) is 66.0. The van der Waals surface area contributed by atoms with E-state index < -0.39 is 162 Å². The van der Waals surface area contributed by atoms with Crippen molar-refractivity contribution in [3.8, 4) is 0 Å². The fourth-order valence-electron chi connectivity index (χ4n) is 10.8. The topological polar surface area (TPSA) is 279 Å². The molecular weight excluding hydrogens is 1090 g/mol. The Balaban J connectivity index is 4.33. The third-order valence-electron chi connectivity index (χ3n) is 16.5. The van der Waals surface area contributed by atoms with Crippen LogP contribution in [-0.4, -0.2) is 227 Å². The summed E-state index contributed by atoms with van der Waals surface area (Å²) in [6.07, 6.45) is 3.31. The van der Waals surface area contributed by atoms with Crippen molar-refractivity contribution in [1.29, 1.82) is 0 Å². The first-order chi connectivity index (χ1) is 39.3. The molecule has 1 rings (SSSR count). The summed E-state index contributed by atoms with van der Waals surface area (Å²) >= 11 is 0. The van der Waals surface area contributed by atoms with Gasteiger partial charge in [-0.25, -0.2) is 0 Å². The third kappa shape index (κ3) is 21.1. The highest BCUT2D eigenvalue weighted by Crippen LogP contribution is 2.26. The highest BCUT2D eigenvalue weighted by Gasteiger charge is 2.46. The minimum absolute atomic E-state index is 0.0224. The minimum atomic E-state index is -1.61. The molecule has 0 unspecified atom stereocenters. The normalized spacial score (nSPS) is 27.2. The Morgan fingerprint density at radius 1 is 0.482 bits per heavy atom. The molecule has 1 aliphatic heterocycles. The average Bonchev–Trinajstić information content (AvgIpc) is 3.49. The molecule has 0 aromatic heterocycles. The molecule has 1 fully saturated rings. The lowest BCUT2D eigenvalue weighted by atomic mass is 9.91. The number of aliphatic hydroxyl groups is 1. The summed E-state index contributed by atoms with van der Waals surface area (Å²) in [5.74, 6) is -10.0. The van der Waals surface area contributed by atoms with Crippen molar-refractivity contribution in [2.75, 3.05) is 55.9 Å². The first-order valence-corrected chi connectivity index (χ1v) is 30.6. The Labute approximate surface area is 508 Å². The minimum Gasteiger partial charge on any atom is -0.390 e. The van der Waals surface area contributed by atoms with Crippen molar-refractivity contribution >= 4 is 65.0 Å². The van der Waals surface area contributed by atoms with Crippen molar-refractivity contribution in [2.45, 2.75) is 223 Å². The summed E-state index contributed by atoms with van der Waals surface area (Å²) in [6.45, 7) is 29.2. The third-order valence-corrected chi connectivity index (χ3v) is 16.5. The van der Waals surface area contributed by atoms with Crippen LogP contribution >= 0.6 is 0 Å². The largest absolute Gasteiger partial charge is 0.390 e. The SMILES string of the molecule is C/C=C/C[C@@H](C)[C@@H](O)[C@H]1C(=O)N[C@@H](CC)C(=O)N(C)CC(=O)N(C)[C@@H]([C@@H](C)CC)C(=O)N[C@@H](C(C)C)C(=O)N(C)[C@@H](CC(C)C)C(=O)N[C@@H](C)C(=O)N[C@H](C)C(=O)N(C)[C@@H](CC(C)C)C(=O)N(C)[C@@H](CC(C)C)C(=O)N(C)[C@@H](C(C)C)C(=O)N1C. The lowest BCUT2D eigenvalue weighted by Gasteiger charge is -2.41. The van der Waals surface area contributed by atoms with Crippen LogP contribution in [0.15, 0.2) is 12.2 Å². The molecular formula is C62H111N11O12. The molecule has 0 aliphatic carbocycles. The van der Waals surface area contributed by atoms with Gasteiger partial charge in [0.1, 0.15) is 60.4 Å². The molecule has 486 valence electrons. The van der Waals surface area contributed by atoms with Gasteiger partial charge in [-0.1, -0.05) is 116 Å². The van der Waals surface area contributed by atoms with Gasteiger partial charge in [0.25, 0.3) is 0 Å². The van der Waals surface area contributed by atoms with Crippen molar-refractivity contribution in [1.82, 2.24) is 55.6 Å². The number of hydrogen-bond acceptors (Lipinski definition) is 12. The monoisotopic (exact) mass is 1200 g/mol. The van der Waals surface area contributed by atoms with E-state index in [-0.39, 0.29) is 43.4 Å². The molecule has 13 atom stereocenters. The molecule has 23 heteroatoms. The first-order valence-electron chi connectivity index (χ1n) is 30.6. The predicted molar refractivity (Wildman–Crippen MR) is 328 cm³/mol. The fourth-order valence-corrected chi connectivity index (χ4v) is 10.8.